The largest absolute Gasteiger partial charge is 0.496 e. The van der Waals surface area contributed by atoms with Gasteiger partial charge in [0.05, 0.1) is 13.2 Å². The molecule has 1 aliphatic heterocycles. The number of aromatic nitrogens is 2. The summed E-state index contributed by atoms with van der Waals surface area (Å²) in [6.45, 7) is 10.4. The van der Waals surface area contributed by atoms with E-state index >= 15 is 0 Å². The monoisotopic (exact) mass is 444 g/mol. The van der Waals surface area contributed by atoms with Crippen LogP contribution in [-0.4, -0.2) is 60.9 Å². The first-order chi connectivity index (χ1) is 15.7. The van der Waals surface area contributed by atoms with Crippen molar-refractivity contribution in [3.05, 3.63) is 41.5 Å². The van der Waals surface area contributed by atoms with E-state index < -0.39 is 0 Å². The van der Waals surface area contributed by atoms with Crippen LogP contribution in [0.2, 0.25) is 0 Å². The predicted octanol–water partition coefficient (Wildman–Crippen LogP) is 3.07. The first kappa shape index (κ1) is 24.0. The van der Waals surface area contributed by atoms with Gasteiger partial charge >= 0.3 is 0 Å². The third kappa shape index (κ3) is 6.43. The van der Waals surface area contributed by atoms with Gasteiger partial charge in [-0.3, -0.25) is 4.90 Å². The molecule has 0 spiro atoms. The van der Waals surface area contributed by atoms with Gasteiger partial charge in [-0.2, -0.15) is 4.98 Å². The van der Waals surface area contributed by atoms with Gasteiger partial charge in [-0.15, -0.1) is 0 Å². The Morgan fingerprint density at radius 1 is 1.22 bits per heavy atom. The lowest BCUT2D eigenvalue weighted by molar-refractivity contribution is 0.0683. The van der Waals surface area contributed by atoms with Crippen molar-refractivity contribution in [1.29, 1.82) is 0 Å². The molecule has 1 aromatic heterocycles. The van der Waals surface area contributed by atoms with Crippen molar-refractivity contribution < 1.29 is 14.0 Å². The molecule has 2 heterocycles. The van der Waals surface area contributed by atoms with E-state index in [0.29, 0.717) is 37.4 Å². The van der Waals surface area contributed by atoms with E-state index in [4.69, 9.17) is 14.0 Å². The van der Waals surface area contributed by atoms with E-state index in [1.54, 1.807) is 7.11 Å². The first-order valence-corrected chi connectivity index (χ1v) is 11.5. The molecule has 176 valence electrons. The van der Waals surface area contributed by atoms with Crippen LogP contribution in [0.5, 0.6) is 5.75 Å². The number of rotatable bonds is 11. The summed E-state index contributed by atoms with van der Waals surface area (Å²) >= 11 is 0. The summed E-state index contributed by atoms with van der Waals surface area (Å²) < 4.78 is 16.5. The topological polar surface area (TPSA) is 97.0 Å². The van der Waals surface area contributed by atoms with Gasteiger partial charge in [-0.25, -0.2) is 4.99 Å². The summed E-state index contributed by atoms with van der Waals surface area (Å²) in [5, 5.41) is 10.8. The minimum absolute atomic E-state index is 0.194. The molecule has 0 bridgehead atoms. The van der Waals surface area contributed by atoms with E-state index in [9.17, 15) is 0 Å². The molecule has 1 aromatic carbocycles. The number of nitrogens with zero attached hydrogens (tertiary/aromatic N) is 4. The Balaban J connectivity index is 1.69. The molecule has 0 radical (unpaired) electrons. The lowest BCUT2D eigenvalue weighted by Crippen LogP contribution is -2.42. The summed E-state index contributed by atoms with van der Waals surface area (Å²) in [7, 11) is 1.73. The second-order valence-corrected chi connectivity index (χ2v) is 7.72. The zero-order valence-electron chi connectivity index (χ0n) is 19.6. The first-order valence-electron chi connectivity index (χ1n) is 11.5. The Bertz CT molecular complexity index is 850. The molecule has 2 atom stereocenters. The molecule has 2 unspecified atom stereocenters. The molecule has 3 rings (SSSR count). The van der Waals surface area contributed by atoms with Crippen LogP contribution < -0.4 is 15.4 Å². The molecule has 0 saturated carbocycles. The van der Waals surface area contributed by atoms with Crippen molar-refractivity contribution in [2.75, 3.05) is 39.9 Å². The maximum Gasteiger partial charge on any atom is 0.248 e. The number of likely N-dealkylation sites (tertiary alicyclic amines) is 1. The molecular formula is C23H36N6O3. The Morgan fingerprint density at radius 3 is 2.72 bits per heavy atom. The van der Waals surface area contributed by atoms with Crippen molar-refractivity contribution >= 4 is 5.96 Å². The number of ether oxygens (including phenoxy) is 2. The van der Waals surface area contributed by atoms with Gasteiger partial charge < -0.3 is 24.6 Å². The number of hydrogen-bond acceptors (Lipinski definition) is 7. The van der Waals surface area contributed by atoms with Crippen LogP contribution in [0.25, 0.3) is 0 Å². The van der Waals surface area contributed by atoms with E-state index in [2.05, 4.69) is 42.8 Å². The zero-order chi connectivity index (χ0) is 22.8. The fraction of sp³-hybridized carbons (Fsp3) is 0.609. The normalized spacial score (nSPS) is 16.7. The molecule has 0 amide bonds. The Hall–Kier alpha value is -2.65. The average Bonchev–Trinajstić information content (AvgIpc) is 3.50. The number of nitrogens with one attached hydrogen (secondary N) is 2. The van der Waals surface area contributed by atoms with Crippen LogP contribution in [0.3, 0.4) is 0 Å². The van der Waals surface area contributed by atoms with Crippen molar-refractivity contribution in [3.63, 3.8) is 0 Å². The summed E-state index contributed by atoms with van der Waals surface area (Å²) in [4.78, 5) is 11.6. The molecule has 1 fully saturated rings. The number of guanidine groups is 1. The molecular weight excluding hydrogens is 408 g/mol. The average molecular weight is 445 g/mol. The molecule has 2 aromatic rings. The Morgan fingerprint density at radius 2 is 2.00 bits per heavy atom. The molecule has 0 aliphatic carbocycles. The standard InChI is InChI=1S/C23H36N6O3/c1-5-24-23(26-16-21-27-22(28-32-21)17(3)31-6-2)25-15-19(29-13-9-10-14-29)18-11-7-8-12-20(18)30-4/h7-8,11-12,17,19H,5-6,9-10,13-16H2,1-4H3,(H2,24,25,26). The van der Waals surface area contributed by atoms with E-state index in [-0.39, 0.29) is 12.1 Å². The van der Waals surface area contributed by atoms with Crippen molar-refractivity contribution in [1.82, 2.24) is 25.7 Å². The van der Waals surface area contributed by atoms with Gasteiger partial charge in [0.15, 0.2) is 11.8 Å². The number of para-hydroxylation sites is 1. The third-order valence-corrected chi connectivity index (χ3v) is 5.52. The zero-order valence-corrected chi connectivity index (χ0v) is 19.6. The van der Waals surface area contributed by atoms with Gasteiger partial charge in [0.1, 0.15) is 18.4 Å². The third-order valence-electron chi connectivity index (χ3n) is 5.52. The second kappa shape index (κ2) is 12.4. The van der Waals surface area contributed by atoms with E-state index in [1.165, 1.54) is 18.4 Å². The highest BCUT2D eigenvalue weighted by molar-refractivity contribution is 5.79. The summed E-state index contributed by atoms with van der Waals surface area (Å²) in [6, 6.07) is 8.44. The second-order valence-electron chi connectivity index (χ2n) is 7.72. The maximum absolute atomic E-state index is 5.65. The van der Waals surface area contributed by atoms with Crippen molar-refractivity contribution in [2.24, 2.45) is 4.99 Å². The lowest BCUT2D eigenvalue weighted by Gasteiger charge is -2.30. The summed E-state index contributed by atoms with van der Waals surface area (Å²) in [6.07, 6.45) is 2.24. The number of methoxy groups -OCH3 is 1. The number of benzene rings is 1. The van der Waals surface area contributed by atoms with E-state index in [1.807, 2.05) is 32.9 Å². The van der Waals surface area contributed by atoms with Crippen LogP contribution in [0.1, 0.15) is 63.0 Å². The minimum atomic E-state index is -0.199. The van der Waals surface area contributed by atoms with Gasteiger partial charge in [0, 0.05) is 25.3 Å². The Kier molecular flexibility index (Phi) is 9.30. The van der Waals surface area contributed by atoms with Crippen molar-refractivity contribution in [2.45, 2.75) is 52.3 Å². The van der Waals surface area contributed by atoms with Crippen LogP contribution in [0.4, 0.5) is 0 Å². The SMILES string of the molecule is CCNC(=NCc1nc(C(C)OCC)no1)NCC(c1ccccc1OC)N1CCCC1. The van der Waals surface area contributed by atoms with Gasteiger partial charge in [0.25, 0.3) is 0 Å². The fourth-order valence-corrected chi connectivity index (χ4v) is 3.93. The lowest BCUT2D eigenvalue weighted by atomic mass is 10.0. The molecule has 2 N–H and O–H groups in total. The highest BCUT2D eigenvalue weighted by atomic mass is 16.5. The fourth-order valence-electron chi connectivity index (χ4n) is 3.93. The minimum Gasteiger partial charge on any atom is -0.496 e. The van der Waals surface area contributed by atoms with Crippen LogP contribution in [-0.2, 0) is 11.3 Å². The summed E-state index contributed by atoms with van der Waals surface area (Å²) in [5.74, 6) is 2.63. The highest BCUT2D eigenvalue weighted by Gasteiger charge is 2.26. The molecule has 1 saturated heterocycles. The highest BCUT2D eigenvalue weighted by Crippen LogP contribution is 2.31. The Labute approximate surface area is 190 Å². The quantitative estimate of drug-likeness (QED) is 0.403. The van der Waals surface area contributed by atoms with E-state index in [0.717, 1.165) is 25.4 Å². The maximum atomic E-state index is 5.65. The number of hydrogen-bond donors (Lipinski definition) is 2. The van der Waals surface area contributed by atoms with Crippen LogP contribution in [0.15, 0.2) is 33.8 Å². The van der Waals surface area contributed by atoms with Crippen LogP contribution >= 0.6 is 0 Å². The smallest absolute Gasteiger partial charge is 0.248 e. The van der Waals surface area contributed by atoms with Gasteiger partial charge in [0.2, 0.25) is 5.89 Å². The predicted molar refractivity (Wildman–Crippen MR) is 124 cm³/mol. The van der Waals surface area contributed by atoms with Crippen molar-refractivity contribution in [3.8, 4) is 5.75 Å². The summed E-state index contributed by atoms with van der Waals surface area (Å²) in [5.41, 5.74) is 1.19. The molecule has 32 heavy (non-hydrogen) atoms. The number of aliphatic imine (C=N–C) groups is 1. The molecule has 1 aliphatic rings. The van der Waals surface area contributed by atoms with Gasteiger partial charge in [-0.05, 0) is 52.8 Å². The van der Waals surface area contributed by atoms with Crippen LogP contribution in [0, 0.1) is 0 Å². The molecule has 9 nitrogen and oxygen atoms in total. The van der Waals surface area contributed by atoms with Gasteiger partial charge in [-0.1, -0.05) is 23.4 Å². The molecule has 9 heteroatoms.